The molecule has 2 N–H and O–H groups in total. The molecule has 0 amide bonds. The molecule has 0 radical (unpaired) electrons. The first-order valence-electron chi connectivity index (χ1n) is 8.12. The summed E-state index contributed by atoms with van der Waals surface area (Å²) < 4.78 is 6.65. The number of carbonyl (C=O) groups is 1. The van der Waals surface area contributed by atoms with Crippen molar-refractivity contribution < 1.29 is 9.53 Å². The van der Waals surface area contributed by atoms with Crippen LogP contribution < -0.4 is 16.6 Å². The van der Waals surface area contributed by atoms with Gasteiger partial charge in [0.2, 0.25) is 0 Å². The number of ether oxygens (including phenoxy) is 1. The van der Waals surface area contributed by atoms with Crippen LogP contribution in [0.1, 0.15) is 29.5 Å². The third-order valence-corrected chi connectivity index (χ3v) is 4.67. The predicted octanol–water partition coefficient (Wildman–Crippen LogP) is 1.23. The van der Waals surface area contributed by atoms with Crippen LogP contribution in [-0.4, -0.2) is 22.1 Å². The van der Waals surface area contributed by atoms with Gasteiger partial charge in [0.15, 0.2) is 0 Å². The lowest BCUT2D eigenvalue weighted by molar-refractivity contribution is -0.136. The number of benzene rings is 1. The Morgan fingerprint density at radius 1 is 1.28 bits per heavy atom. The van der Waals surface area contributed by atoms with Gasteiger partial charge in [-0.15, -0.1) is 0 Å². The molecule has 2 aliphatic heterocycles. The van der Waals surface area contributed by atoms with Crippen molar-refractivity contribution >= 4 is 11.8 Å². The van der Waals surface area contributed by atoms with Crippen molar-refractivity contribution in [2.75, 3.05) is 11.9 Å². The molecule has 1 aromatic carbocycles. The fourth-order valence-electron chi connectivity index (χ4n) is 3.57. The van der Waals surface area contributed by atoms with Gasteiger partial charge in [-0.05, 0) is 19.4 Å². The first-order chi connectivity index (χ1) is 12.0. The summed E-state index contributed by atoms with van der Waals surface area (Å²) in [7, 11) is 0. The number of esters is 1. The lowest BCUT2D eigenvalue weighted by Gasteiger charge is -2.28. The number of hydrogen-bond acceptors (Lipinski definition) is 5. The van der Waals surface area contributed by atoms with Gasteiger partial charge in [0.25, 0.3) is 5.56 Å². The molecule has 0 unspecified atom stereocenters. The van der Waals surface area contributed by atoms with Gasteiger partial charge in [0, 0.05) is 6.54 Å². The molecule has 1 atom stereocenters. The smallest absolute Gasteiger partial charge is 0.337 e. The molecule has 0 saturated carbocycles. The first kappa shape index (κ1) is 15.4. The number of nitrogens with zero attached hydrogens (tertiary/aromatic N) is 1. The van der Waals surface area contributed by atoms with E-state index in [1.54, 1.807) is 0 Å². The van der Waals surface area contributed by atoms with E-state index in [4.69, 9.17) is 4.74 Å². The number of carbonyl (C=O) groups excluding carboxylic acids is 1. The maximum absolute atomic E-state index is 12.6. The fourth-order valence-corrected chi connectivity index (χ4v) is 3.57. The molecule has 2 aromatic rings. The van der Waals surface area contributed by atoms with Crippen LogP contribution in [0, 0.1) is 6.92 Å². The molecule has 0 spiro atoms. The van der Waals surface area contributed by atoms with E-state index >= 15 is 0 Å². The number of H-pyrrole nitrogens is 1. The standard InChI is InChI=1S/C18H17N3O4/c1-3-21-15-14(16(22)20-18(21)24)12(10-6-4-5-9(2)7-10)13-11(19-15)8-25-17(13)23/h4-7,12,19H,3,8H2,1-2H3,(H,20,22,24)/t12-/m0/s1. The third-order valence-electron chi connectivity index (χ3n) is 4.67. The number of hydrogen-bond donors (Lipinski definition) is 2. The van der Waals surface area contributed by atoms with E-state index in [-0.39, 0.29) is 6.61 Å². The van der Waals surface area contributed by atoms with Crippen molar-refractivity contribution in [3.63, 3.8) is 0 Å². The summed E-state index contributed by atoms with van der Waals surface area (Å²) >= 11 is 0. The van der Waals surface area contributed by atoms with Crippen LogP contribution in [0.25, 0.3) is 0 Å². The largest absolute Gasteiger partial charge is 0.456 e. The molecule has 25 heavy (non-hydrogen) atoms. The van der Waals surface area contributed by atoms with Crippen molar-refractivity contribution in [2.24, 2.45) is 0 Å². The van der Waals surface area contributed by atoms with E-state index in [0.29, 0.717) is 29.2 Å². The quantitative estimate of drug-likeness (QED) is 0.803. The maximum Gasteiger partial charge on any atom is 0.337 e. The number of nitrogens with one attached hydrogen (secondary N) is 2. The summed E-state index contributed by atoms with van der Waals surface area (Å²) in [6, 6.07) is 7.66. The highest BCUT2D eigenvalue weighted by Gasteiger charge is 2.41. The van der Waals surface area contributed by atoms with Gasteiger partial charge in [0.05, 0.1) is 22.8 Å². The minimum atomic E-state index is -0.566. The minimum absolute atomic E-state index is 0.112. The molecule has 0 fully saturated rings. The van der Waals surface area contributed by atoms with Crippen molar-refractivity contribution in [1.82, 2.24) is 9.55 Å². The van der Waals surface area contributed by atoms with E-state index in [1.807, 2.05) is 38.1 Å². The molecule has 1 aromatic heterocycles. The molecule has 7 heteroatoms. The molecule has 3 heterocycles. The van der Waals surface area contributed by atoms with Crippen molar-refractivity contribution in [3.8, 4) is 0 Å². The van der Waals surface area contributed by atoms with Gasteiger partial charge in [0.1, 0.15) is 12.4 Å². The van der Waals surface area contributed by atoms with E-state index in [2.05, 4.69) is 10.3 Å². The highest BCUT2D eigenvalue weighted by atomic mass is 16.5. The summed E-state index contributed by atoms with van der Waals surface area (Å²) in [5.74, 6) is -0.573. The number of anilines is 1. The molecular weight excluding hydrogens is 322 g/mol. The van der Waals surface area contributed by atoms with Crippen LogP contribution in [0.2, 0.25) is 0 Å². The zero-order chi connectivity index (χ0) is 17.7. The molecule has 128 valence electrons. The number of aromatic nitrogens is 2. The van der Waals surface area contributed by atoms with Gasteiger partial charge in [-0.3, -0.25) is 14.3 Å². The molecule has 7 nitrogen and oxygen atoms in total. The average Bonchev–Trinajstić information content (AvgIpc) is 2.94. The van der Waals surface area contributed by atoms with E-state index in [1.165, 1.54) is 4.57 Å². The van der Waals surface area contributed by atoms with E-state index in [9.17, 15) is 14.4 Å². The first-order valence-corrected chi connectivity index (χ1v) is 8.12. The Morgan fingerprint density at radius 3 is 2.80 bits per heavy atom. The Bertz CT molecular complexity index is 1050. The Hall–Kier alpha value is -3.09. The molecule has 0 aliphatic carbocycles. The van der Waals surface area contributed by atoms with Crippen LogP contribution in [0.3, 0.4) is 0 Å². The molecular formula is C18H17N3O4. The Kier molecular flexibility index (Phi) is 3.38. The monoisotopic (exact) mass is 339 g/mol. The third kappa shape index (κ3) is 2.23. The van der Waals surface area contributed by atoms with Crippen molar-refractivity contribution in [2.45, 2.75) is 26.3 Å². The second-order valence-corrected chi connectivity index (χ2v) is 6.21. The lowest BCUT2D eigenvalue weighted by Crippen LogP contribution is -2.38. The summed E-state index contributed by atoms with van der Waals surface area (Å²) in [5, 5.41) is 3.08. The van der Waals surface area contributed by atoms with E-state index in [0.717, 1.165) is 11.1 Å². The number of aryl methyl sites for hydroxylation is 1. The van der Waals surface area contributed by atoms with Crippen LogP contribution in [0.5, 0.6) is 0 Å². The van der Waals surface area contributed by atoms with Gasteiger partial charge < -0.3 is 10.1 Å². The Morgan fingerprint density at radius 2 is 2.08 bits per heavy atom. The zero-order valence-electron chi connectivity index (χ0n) is 13.9. The normalized spacial score (nSPS) is 18.5. The predicted molar refractivity (Wildman–Crippen MR) is 91.6 cm³/mol. The number of cyclic esters (lactones) is 1. The van der Waals surface area contributed by atoms with Gasteiger partial charge in [-0.25, -0.2) is 9.59 Å². The SMILES string of the molecule is CCn1c2c(c(=O)[nH]c1=O)[C@@H](c1cccc(C)c1)C1=C(COC1=O)N2. The molecule has 0 bridgehead atoms. The van der Waals surface area contributed by atoms with Crippen molar-refractivity contribution in [3.05, 3.63) is 73.1 Å². The highest BCUT2D eigenvalue weighted by molar-refractivity contribution is 5.96. The summed E-state index contributed by atoms with van der Waals surface area (Å²) in [6.07, 6.45) is 0. The molecule has 4 rings (SSSR count). The van der Waals surface area contributed by atoms with Crippen LogP contribution in [0.15, 0.2) is 45.1 Å². The van der Waals surface area contributed by atoms with Crippen LogP contribution in [0.4, 0.5) is 5.82 Å². The Labute approximate surface area is 143 Å². The van der Waals surface area contributed by atoms with E-state index < -0.39 is 23.1 Å². The van der Waals surface area contributed by atoms with Gasteiger partial charge >= 0.3 is 11.7 Å². The van der Waals surface area contributed by atoms with Crippen molar-refractivity contribution in [1.29, 1.82) is 0 Å². The zero-order valence-corrected chi connectivity index (χ0v) is 13.9. The summed E-state index contributed by atoms with van der Waals surface area (Å²) in [6.45, 7) is 4.28. The minimum Gasteiger partial charge on any atom is -0.456 e. The number of fused-ring (bicyclic) bond motifs is 1. The molecule has 2 aliphatic rings. The lowest BCUT2D eigenvalue weighted by atomic mass is 9.82. The second kappa shape index (κ2) is 5.47. The summed E-state index contributed by atoms with van der Waals surface area (Å²) in [4.78, 5) is 39.5. The van der Waals surface area contributed by atoms with Gasteiger partial charge in [-0.2, -0.15) is 0 Å². The van der Waals surface area contributed by atoms with Crippen LogP contribution >= 0.6 is 0 Å². The second-order valence-electron chi connectivity index (χ2n) is 6.21. The fraction of sp³-hybridized carbons (Fsp3) is 0.278. The topological polar surface area (TPSA) is 93.2 Å². The molecule has 0 saturated heterocycles. The number of aromatic amines is 1. The maximum atomic E-state index is 12.6. The Balaban J connectivity index is 2.07. The highest BCUT2D eigenvalue weighted by Crippen LogP contribution is 2.42. The summed E-state index contributed by atoms with van der Waals surface area (Å²) in [5.41, 5.74) is 2.28. The van der Waals surface area contributed by atoms with Gasteiger partial charge in [-0.1, -0.05) is 29.8 Å². The average molecular weight is 339 g/mol. The number of rotatable bonds is 2. The van der Waals surface area contributed by atoms with Crippen LogP contribution in [-0.2, 0) is 16.1 Å².